The molecule has 1 heterocycles. The molecule has 4 nitrogen and oxygen atoms in total. The standard InChI is InChI=1S/C20H12Cl2F2O4/c21-11-3-6-13(15(22)7-11)19-27-16-8-14(18(25)26)20(24,9-17(16)28-19)10-1-4-12(23)5-2-10/h1-9,16,19H,(H,25,26). The van der Waals surface area contributed by atoms with E-state index in [4.69, 9.17) is 32.7 Å². The number of halogens is 4. The molecule has 2 aliphatic rings. The van der Waals surface area contributed by atoms with Crippen LogP contribution >= 0.6 is 23.2 Å². The summed E-state index contributed by atoms with van der Waals surface area (Å²) < 4.78 is 40.5. The van der Waals surface area contributed by atoms with Crippen LogP contribution in [0.3, 0.4) is 0 Å². The van der Waals surface area contributed by atoms with Gasteiger partial charge in [-0.1, -0.05) is 35.3 Å². The van der Waals surface area contributed by atoms with Gasteiger partial charge in [0.2, 0.25) is 6.29 Å². The predicted molar refractivity (Wildman–Crippen MR) is 98.1 cm³/mol. The maximum atomic E-state index is 15.8. The second kappa shape index (κ2) is 6.88. The first-order valence-corrected chi connectivity index (χ1v) is 8.94. The third-order valence-electron chi connectivity index (χ3n) is 4.56. The molecule has 0 radical (unpaired) electrons. The number of fused-ring (bicyclic) bond motifs is 1. The number of carboxylic acids is 1. The Morgan fingerprint density at radius 3 is 2.50 bits per heavy atom. The van der Waals surface area contributed by atoms with Crippen molar-refractivity contribution in [1.82, 2.24) is 0 Å². The number of rotatable bonds is 3. The molecule has 0 amide bonds. The number of carboxylic acid groups (broad SMARTS) is 1. The van der Waals surface area contributed by atoms with Crippen LogP contribution in [-0.2, 0) is 19.9 Å². The Morgan fingerprint density at radius 1 is 1.14 bits per heavy atom. The summed E-state index contributed by atoms with van der Waals surface area (Å²) in [6.45, 7) is 0. The first-order chi connectivity index (χ1) is 13.3. The van der Waals surface area contributed by atoms with Gasteiger partial charge in [0.1, 0.15) is 17.7 Å². The van der Waals surface area contributed by atoms with Gasteiger partial charge < -0.3 is 14.6 Å². The average Bonchev–Trinajstić information content (AvgIpc) is 3.03. The predicted octanol–water partition coefficient (Wildman–Crippen LogP) is 5.32. The van der Waals surface area contributed by atoms with Gasteiger partial charge in [-0.15, -0.1) is 0 Å². The molecule has 1 aliphatic heterocycles. The van der Waals surface area contributed by atoms with Gasteiger partial charge in [0.25, 0.3) is 0 Å². The van der Waals surface area contributed by atoms with Crippen molar-refractivity contribution in [2.45, 2.75) is 18.1 Å². The minimum absolute atomic E-state index is 0.0370. The van der Waals surface area contributed by atoms with Crippen molar-refractivity contribution in [3.05, 3.63) is 92.9 Å². The van der Waals surface area contributed by atoms with Crippen molar-refractivity contribution >= 4 is 29.2 Å². The zero-order chi connectivity index (χ0) is 20.1. The lowest BCUT2D eigenvalue weighted by Crippen LogP contribution is -2.31. The Kier molecular flexibility index (Phi) is 4.65. The Balaban J connectivity index is 1.74. The molecule has 2 aromatic carbocycles. The van der Waals surface area contributed by atoms with E-state index >= 15 is 4.39 Å². The zero-order valence-electron chi connectivity index (χ0n) is 14.0. The van der Waals surface area contributed by atoms with Crippen LogP contribution in [-0.4, -0.2) is 17.2 Å². The molecule has 0 spiro atoms. The molecular weight excluding hydrogens is 413 g/mol. The van der Waals surface area contributed by atoms with E-state index in [1.165, 1.54) is 18.2 Å². The number of ether oxygens (including phenoxy) is 2. The van der Waals surface area contributed by atoms with Gasteiger partial charge in [-0.05, 0) is 42.0 Å². The number of allylic oxidation sites excluding steroid dienone is 1. The molecule has 3 atom stereocenters. The third-order valence-corrected chi connectivity index (χ3v) is 5.12. The molecule has 1 fully saturated rings. The van der Waals surface area contributed by atoms with E-state index in [1.54, 1.807) is 12.1 Å². The Bertz CT molecular complexity index is 1020. The Hall–Kier alpha value is -2.41. The molecule has 1 aliphatic carbocycles. The zero-order valence-corrected chi connectivity index (χ0v) is 15.5. The molecule has 3 unspecified atom stereocenters. The lowest BCUT2D eigenvalue weighted by atomic mass is 9.82. The second-order valence-electron chi connectivity index (χ2n) is 6.32. The van der Waals surface area contributed by atoms with Crippen LogP contribution < -0.4 is 0 Å². The van der Waals surface area contributed by atoms with Crippen molar-refractivity contribution in [1.29, 1.82) is 0 Å². The van der Waals surface area contributed by atoms with Gasteiger partial charge in [-0.25, -0.2) is 13.6 Å². The lowest BCUT2D eigenvalue weighted by Gasteiger charge is -2.27. The van der Waals surface area contributed by atoms with Gasteiger partial charge in [0.15, 0.2) is 5.67 Å². The van der Waals surface area contributed by atoms with Crippen LogP contribution in [0.5, 0.6) is 0 Å². The van der Waals surface area contributed by atoms with Crippen molar-refractivity contribution in [3.8, 4) is 0 Å². The summed E-state index contributed by atoms with van der Waals surface area (Å²) in [5, 5.41) is 10.2. The summed E-state index contributed by atoms with van der Waals surface area (Å²) in [7, 11) is 0. The molecule has 28 heavy (non-hydrogen) atoms. The number of hydrogen-bond acceptors (Lipinski definition) is 3. The largest absolute Gasteiger partial charge is 0.478 e. The highest BCUT2D eigenvalue weighted by atomic mass is 35.5. The van der Waals surface area contributed by atoms with Crippen LogP contribution in [0, 0.1) is 5.82 Å². The summed E-state index contributed by atoms with van der Waals surface area (Å²) in [6, 6.07) is 9.21. The van der Waals surface area contributed by atoms with Gasteiger partial charge in [-0.3, -0.25) is 0 Å². The van der Waals surface area contributed by atoms with E-state index < -0.39 is 35.4 Å². The molecule has 4 rings (SSSR count). The molecule has 0 aromatic heterocycles. The van der Waals surface area contributed by atoms with E-state index in [-0.39, 0.29) is 11.3 Å². The maximum absolute atomic E-state index is 15.8. The molecule has 144 valence electrons. The van der Waals surface area contributed by atoms with E-state index in [2.05, 4.69) is 0 Å². The van der Waals surface area contributed by atoms with E-state index in [9.17, 15) is 14.3 Å². The number of hydrogen-bond donors (Lipinski definition) is 1. The van der Waals surface area contributed by atoms with Crippen LogP contribution in [0.15, 0.2) is 65.9 Å². The highest BCUT2D eigenvalue weighted by Gasteiger charge is 2.47. The number of carbonyl (C=O) groups is 1. The van der Waals surface area contributed by atoms with Gasteiger partial charge in [0.05, 0.1) is 10.6 Å². The second-order valence-corrected chi connectivity index (χ2v) is 7.17. The average molecular weight is 425 g/mol. The molecule has 1 saturated heterocycles. The quantitative estimate of drug-likeness (QED) is 0.724. The van der Waals surface area contributed by atoms with Crippen molar-refractivity contribution in [2.24, 2.45) is 0 Å². The lowest BCUT2D eigenvalue weighted by molar-refractivity contribution is -0.134. The number of benzene rings is 2. The summed E-state index contributed by atoms with van der Waals surface area (Å²) in [4.78, 5) is 11.7. The molecule has 0 bridgehead atoms. The summed E-state index contributed by atoms with van der Waals surface area (Å²) >= 11 is 12.1. The first-order valence-electron chi connectivity index (χ1n) is 8.18. The normalized spacial score (nSPS) is 26.1. The van der Waals surface area contributed by atoms with E-state index in [1.807, 2.05) is 0 Å². The van der Waals surface area contributed by atoms with Crippen LogP contribution in [0.1, 0.15) is 17.4 Å². The minimum atomic E-state index is -2.51. The number of aliphatic carboxylic acids is 1. The van der Waals surface area contributed by atoms with Gasteiger partial charge >= 0.3 is 5.97 Å². The van der Waals surface area contributed by atoms with E-state index in [0.717, 1.165) is 24.3 Å². The minimum Gasteiger partial charge on any atom is -0.478 e. The maximum Gasteiger partial charge on any atom is 0.335 e. The monoisotopic (exact) mass is 424 g/mol. The Morgan fingerprint density at radius 2 is 1.86 bits per heavy atom. The van der Waals surface area contributed by atoms with Crippen LogP contribution in [0.25, 0.3) is 0 Å². The fourth-order valence-electron chi connectivity index (χ4n) is 3.19. The summed E-state index contributed by atoms with van der Waals surface area (Å²) in [6.07, 6.45) is 0.332. The fraction of sp³-hybridized carbons (Fsp3) is 0.150. The van der Waals surface area contributed by atoms with Crippen LogP contribution in [0.4, 0.5) is 8.78 Å². The molecule has 0 saturated carbocycles. The van der Waals surface area contributed by atoms with Crippen molar-refractivity contribution < 1.29 is 28.2 Å². The topological polar surface area (TPSA) is 55.8 Å². The highest BCUT2D eigenvalue weighted by Crippen LogP contribution is 2.47. The highest BCUT2D eigenvalue weighted by molar-refractivity contribution is 6.35. The molecule has 2 aromatic rings. The van der Waals surface area contributed by atoms with Crippen LogP contribution in [0.2, 0.25) is 10.0 Å². The smallest absolute Gasteiger partial charge is 0.335 e. The fourth-order valence-corrected chi connectivity index (χ4v) is 3.69. The van der Waals surface area contributed by atoms with Gasteiger partial charge in [-0.2, -0.15) is 0 Å². The van der Waals surface area contributed by atoms with Crippen molar-refractivity contribution in [2.75, 3.05) is 0 Å². The van der Waals surface area contributed by atoms with Crippen molar-refractivity contribution in [3.63, 3.8) is 0 Å². The summed E-state index contributed by atoms with van der Waals surface area (Å²) in [5.74, 6) is -1.92. The van der Waals surface area contributed by atoms with Gasteiger partial charge in [0, 0.05) is 16.7 Å². The summed E-state index contributed by atoms with van der Waals surface area (Å²) in [5.41, 5.74) is -2.62. The third kappa shape index (κ3) is 3.17. The van der Waals surface area contributed by atoms with E-state index in [0.29, 0.717) is 15.6 Å². The molecule has 8 heteroatoms. The SMILES string of the molecule is O=C(O)C1=CC2OC(c3ccc(Cl)cc3Cl)OC2=CC1(F)c1ccc(F)cc1. The Labute approximate surface area is 168 Å². The number of alkyl halides is 1. The first kappa shape index (κ1) is 18.9. The molecule has 1 N–H and O–H groups in total. The molecular formula is C20H12Cl2F2O4.